The van der Waals surface area contributed by atoms with Gasteiger partial charge >= 0.3 is 0 Å². The van der Waals surface area contributed by atoms with Crippen LogP contribution in [0.25, 0.3) is 0 Å². The number of carbonyl (C=O) groups is 3. The van der Waals surface area contributed by atoms with Crippen molar-refractivity contribution >= 4 is 17.7 Å². The van der Waals surface area contributed by atoms with Crippen molar-refractivity contribution in [3.8, 4) is 0 Å². The number of aliphatic hydroxyl groups excluding tert-OH is 3. The van der Waals surface area contributed by atoms with Crippen molar-refractivity contribution < 1.29 is 39.2 Å². The summed E-state index contributed by atoms with van der Waals surface area (Å²) >= 11 is 0. The maximum Gasteiger partial charge on any atom is 0.242 e. The molecular weight excluding hydrogens is 424 g/mol. The highest BCUT2D eigenvalue weighted by Gasteiger charge is 2.42. The maximum atomic E-state index is 12.3. The number of nitrogens with two attached hydrogens (primary N) is 2. The molecule has 186 valence electrons. The van der Waals surface area contributed by atoms with Crippen LogP contribution in [0.3, 0.4) is 0 Å². The number of nitrogens with one attached hydrogen (secondary N) is 2. The van der Waals surface area contributed by atoms with Crippen LogP contribution in [0.5, 0.6) is 0 Å². The highest BCUT2D eigenvalue weighted by atomic mass is 16.7. The molecule has 0 aromatic heterocycles. The van der Waals surface area contributed by atoms with Crippen LogP contribution in [0.15, 0.2) is 0 Å². The van der Waals surface area contributed by atoms with E-state index in [0.717, 1.165) is 12.8 Å². The fourth-order valence-electron chi connectivity index (χ4n) is 3.12. The molecule has 0 aliphatic carbocycles. The molecule has 0 bridgehead atoms. The molecule has 32 heavy (non-hydrogen) atoms. The zero-order valence-corrected chi connectivity index (χ0v) is 18.7. The lowest BCUT2D eigenvalue weighted by Crippen LogP contribution is -2.57. The van der Waals surface area contributed by atoms with Gasteiger partial charge in [-0.15, -0.1) is 0 Å². The average Bonchev–Trinajstić information content (AvgIpc) is 2.74. The summed E-state index contributed by atoms with van der Waals surface area (Å²) in [6, 6.07) is -1.66. The van der Waals surface area contributed by atoms with Gasteiger partial charge in [-0.05, 0) is 33.1 Å². The highest BCUT2D eigenvalue weighted by Crippen LogP contribution is 2.22. The first kappa shape index (κ1) is 28.2. The van der Waals surface area contributed by atoms with Crippen molar-refractivity contribution in [2.45, 2.75) is 95.2 Å². The number of carbonyl (C=O) groups excluding carboxylic acids is 3. The quantitative estimate of drug-likeness (QED) is 0.137. The first-order valence-electron chi connectivity index (χ1n) is 11.0. The number of hydrogen-bond acceptors (Lipinski definition) is 9. The molecule has 1 aliphatic heterocycles. The van der Waals surface area contributed by atoms with E-state index in [2.05, 4.69) is 10.6 Å². The summed E-state index contributed by atoms with van der Waals surface area (Å²) in [4.78, 5) is 35.1. The van der Waals surface area contributed by atoms with Gasteiger partial charge in [0.2, 0.25) is 17.7 Å². The van der Waals surface area contributed by atoms with Crippen LogP contribution in [0.4, 0.5) is 0 Å². The van der Waals surface area contributed by atoms with E-state index in [1.54, 1.807) is 6.92 Å². The van der Waals surface area contributed by atoms with Crippen LogP contribution in [0.1, 0.15) is 52.4 Å². The van der Waals surface area contributed by atoms with E-state index in [9.17, 15) is 29.7 Å². The lowest BCUT2D eigenvalue weighted by molar-refractivity contribution is -0.293. The minimum Gasteiger partial charge on any atom is -0.388 e. The van der Waals surface area contributed by atoms with Gasteiger partial charge in [-0.25, -0.2) is 0 Å². The number of rotatable bonds is 14. The summed E-state index contributed by atoms with van der Waals surface area (Å²) in [6.45, 7) is 3.79. The first-order chi connectivity index (χ1) is 15.0. The molecule has 3 amide bonds. The van der Waals surface area contributed by atoms with Gasteiger partial charge in [0, 0.05) is 19.6 Å². The Morgan fingerprint density at radius 2 is 1.69 bits per heavy atom. The fourth-order valence-corrected chi connectivity index (χ4v) is 3.12. The van der Waals surface area contributed by atoms with Crippen molar-refractivity contribution in [1.29, 1.82) is 0 Å². The highest BCUT2D eigenvalue weighted by molar-refractivity contribution is 5.89. The van der Waals surface area contributed by atoms with E-state index in [1.807, 2.05) is 0 Å². The van der Waals surface area contributed by atoms with Crippen LogP contribution in [-0.4, -0.2) is 89.0 Å². The molecule has 1 fully saturated rings. The van der Waals surface area contributed by atoms with Gasteiger partial charge in [0.05, 0.1) is 12.1 Å². The van der Waals surface area contributed by atoms with Crippen LogP contribution in [-0.2, 0) is 23.9 Å². The lowest BCUT2D eigenvalue weighted by atomic mass is 10.0. The second kappa shape index (κ2) is 14.3. The topological polar surface area (TPSA) is 206 Å². The number of amides is 3. The Hall–Kier alpha value is -1.83. The molecule has 1 rings (SSSR count). The Bertz CT molecular complexity index is 606. The number of ether oxygens (including phenoxy) is 2. The summed E-state index contributed by atoms with van der Waals surface area (Å²) in [5.74, 6) is -1.45. The second-order valence-electron chi connectivity index (χ2n) is 8.11. The third-order valence-electron chi connectivity index (χ3n) is 5.19. The molecule has 7 atom stereocenters. The summed E-state index contributed by atoms with van der Waals surface area (Å²) in [6.07, 6.45) is -2.42. The van der Waals surface area contributed by atoms with Gasteiger partial charge in [0.1, 0.15) is 24.4 Å². The monoisotopic (exact) mass is 462 g/mol. The zero-order chi connectivity index (χ0) is 24.3. The number of aliphatic hydroxyl groups is 3. The van der Waals surface area contributed by atoms with Crippen molar-refractivity contribution in [2.24, 2.45) is 11.5 Å². The molecule has 0 aromatic rings. The molecule has 1 heterocycles. The van der Waals surface area contributed by atoms with Gasteiger partial charge < -0.3 is 46.9 Å². The van der Waals surface area contributed by atoms with E-state index >= 15 is 0 Å². The Labute approximate surface area is 188 Å². The Kier molecular flexibility index (Phi) is 12.6. The van der Waals surface area contributed by atoms with Gasteiger partial charge in [0.25, 0.3) is 0 Å². The third kappa shape index (κ3) is 9.76. The van der Waals surface area contributed by atoms with Gasteiger partial charge in [-0.3, -0.25) is 14.4 Å². The maximum absolute atomic E-state index is 12.3. The van der Waals surface area contributed by atoms with Gasteiger partial charge in [-0.2, -0.15) is 0 Å². The summed E-state index contributed by atoms with van der Waals surface area (Å²) in [7, 11) is 0. The molecule has 5 unspecified atom stereocenters. The SMILES string of the molecule is CC1OC(OCCCCCCNC(=O)[C@H](CCC(N)=O)NC(=O)[C@@H](C)N)C(O)C(O)C1O. The normalized spacial score (nSPS) is 27.4. The van der Waals surface area contributed by atoms with E-state index < -0.39 is 60.5 Å². The Morgan fingerprint density at radius 1 is 1.03 bits per heavy atom. The standard InChI is InChI=1S/C20H38N4O8/c1-11(21)18(29)24-13(7-8-14(22)25)19(30)23-9-5-3-4-6-10-31-20-17(28)16(27)15(26)12(2)32-20/h11-13,15-17,20,26-28H,3-10,21H2,1-2H3,(H2,22,25)(H,23,30)(H,24,29)/t11-,12?,13+,15?,16?,17?,20?/m1/s1. The molecule has 0 saturated carbocycles. The molecule has 1 aliphatic rings. The van der Waals surface area contributed by atoms with E-state index in [-0.39, 0.29) is 12.8 Å². The first-order valence-corrected chi connectivity index (χ1v) is 11.0. The minimum atomic E-state index is -1.32. The smallest absolute Gasteiger partial charge is 0.242 e. The van der Waals surface area contributed by atoms with Gasteiger partial charge in [0.15, 0.2) is 6.29 Å². The van der Waals surface area contributed by atoms with Gasteiger partial charge in [-0.1, -0.05) is 12.8 Å². The van der Waals surface area contributed by atoms with E-state index in [1.165, 1.54) is 6.92 Å². The van der Waals surface area contributed by atoms with Crippen LogP contribution in [0.2, 0.25) is 0 Å². The Morgan fingerprint density at radius 3 is 2.31 bits per heavy atom. The molecule has 12 nitrogen and oxygen atoms in total. The molecule has 0 aromatic carbocycles. The predicted octanol–water partition coefficient (Wildman–Crippen LogP) is -2.40. The molecule has 0 radical (unpaired) electrons. The minimum absolute atomic E-state index is 0.0362. The van der Waals surface area contributed by atoms with Crippen LogP contribution in [0, 0.1) is 0 Å². The van der Waals surface area contributed by atoms with E-state index in [0.29, 0.717) is 26.0 Å². The molecule has 9 N–H and O–H groups in total. The molecular formula is C20H38N4O8. The predicted molar refractivity (Wildman–Crippen MR) is 114 cm³/mol. The average molecular weight is 463 g/mol. The van der Waals surface area contributed by atoms with E-state index in [4.69, 9.17) is 20.9 Å². The third-order valence-corrected chi connectivity index (χ3v) is 5.19. The summed E-state index contributed by atoms with van der Waals surface area (Å²) < 4.78 is 10.8. The number of primary amides is 1. The van der Waals surface area contributed by atoms with Crippen molar-refractivity contribution in [3.63, 3.8) is 0 Å². The second-order valence-corrected chi connectivity index (χ2v) is 8.11. The number of unbranched alkanes of at least 4 members (excludes halogenated alkanes) is 3. The van der Waals surface area contributed by atoms with Crippen molar-refractivity contribution in [2.75, 3.05) is 13.2 Å². The van der Waals surface area contributed by atoms with Crippen molar-refractivity contribution in [3.05, 3.63) is 0 Å². The molecule has 1 saturated heterocycles. The Balaban J connectivity index is 2.23. The van der Waals surface area contributed by atoms with Crippen LogP contribution < -0.4 is 22.1 Å². The molecule has 12 heteroatoms. The van der Waals surface area contributed by atoms with Crippen molar-refractivity contribution in [1.82, 2.24) is 10.6 Å². The fraction of sp³-hybridized carbons (Fsp3) is 0.850. The largest absolute Gasteiger partial charge is 0.388 e. The molecule has 0 spiro atoms. The summed E-state index contributed by atoms with van der Waals surface area (Å²) in [5.41, 5.74) is 10.6. The summed E-state index contributed by atoms with van der Waals surface area (Å²) in [5, 5.41) is 34.6. The number of hydrogen-bond donors (Lipinski definition) is 7. The van der Waals surface area contributed by atoms with Crippen LogP contribution >= 0.6 is 0 Å². The lowest BCUT2D eigenvalue weighted by Gasteiger charge is -2.38. The zero-order valence-electron chi connectivity index (χ0n) is 18.7.